The number of nitrogens with zero attached hydrogens (tertiary/aromatic N) is 1. The van der Waals surface area contributed by atoms with Crippen LogP contribution in [0.3, 0.4) is 0 Å². The summed E-state index contributed by atoms with van der Waals surface area (Å²) in [6, 6.07) is 5.05. The van der Waals surface area contributed by atoms with Crippen LogP contribution < -0.4 is 15.8 Å². The van der Waals surface area contributed by atoms with Gasteiger partial charge in [0.25, 0.3) is 5.92 Å². The molecular formula is C15H20ClF2N3O. The highest BCUT2D eigenvalue weighted by Gasteiger charge is 2.40. The van der Waals surface area contributed by atoms with Gasteiger partial charge in [-0.25, -0.2) is 8.78 Å². The van der Waals surface area contributed by atoms with E-state index in [1.165, 1.54) is 7.11 Å². The van der Waals surface area contributed by atoms with Gasteiger partial charge >= 0.3 is 0 Å². The minimum atomic E-state index is -2.65. The zero-order valence-corrected chi connectivity index (χ0v) is 13.2. The lowest BCUT2D eigenvalue weighted by molar-refractivity contribution is -0.0814. The van der Waals surface area contributed by atoms with E-state index >= 15 is 0 Å². The lowest BCUT2D eigenvalue weighted by Crippen LogP contribution is -2.35. The Bertz CT molecular complexity index is 552. The van der Waals surface area contributed by atoms with Crippen LogP contribution >= 0.6 is 11.6 Å². The molecule has 1 fully saturated rings. The van der Waals surface area contributed by atoms with Crippen LogP contribution in [0.25, 0.3) is 0 Å². The van der Waals surface area contributed by atoms with Gasteiger partial charge in [-0.05, 0) is 31.0 Å². The summed E-state index contributed by atoms with van der Waals surface area (Å²) >= 11 is 6.00. The van der Waals surface area contributed by atoms with Crippen LogP contribution in [0.2, 0.25) is 5.02 Å². The normalized spacial score (nSPS) is 21.5. The Kier molecular flexibility index (Phi) is 5.45. The number of ether oxygens (including phenoxy) is 1. The van der Waals surface area contributed by atoms with Crippen LogP contribution in [0.1, 0.15) is 25.7 Å². The predicted molar refractivity (Wildman–Crippen MR) is 85.0 cm³/mol. The molecule has 22 heavy (non-hydrogen) atoms. The van der Waals surface area contributed by atoms with Crippen molar-refractivity contribution < 1.29 is 13.5 Å². The summed E-state index contributed by atoms with van der Waals surface area (Å²) in [7, 11) is 1.52. The topological polar surface area (TPSA) is 59.6 Å². The number of benzene rings is 1. The Morgan fingerprint density at radius 1 is 1.50 bits per heavy atom. The summed E-state index contributed by atoms with van der Waals surface area (Å²) in [4.78, 5) is 4.04. The first kappa shape index (κ1) is 16.8. The van der Waals surface area contributed by atoms with Gasteiger partial charge in [0.2, 0.25) is 0 Å². The number of alkyl halides is 2. The molecule has 3 N–H and O–H groups in total. The van der Waals surface area contributed by atoms with Gasteiger partial charge in [0, 0.05) is 18.0 Å². The second-order valence-electron chi connectivity index (χ2n) is 5.40. The molecule has 0 aliphatic heterocycles. The maximum absolute atomic E-state index is 13.7. The minimum Gasteiger partial charge on any atom is -0.495 e. The molecule has 2 rings (SSSR count). The van der Waals surface area contributed by atoms with Gasteiger partial charge in [-0.2, -0.15) is 0 Å². The third-order valence-corrected chi connectivity index (χ3v) is 4.11. The first-order valence-corrected chi connectivity index (χ1v) is 7.58. The summed E-state index contributed by atoms with van der Waals surface area (Å²) in [5, 5.41) is 3.27. The second kappa shape index (κ2) is 7.13. The number of hydrogen-bond acceptors (Lipinski definition) is 2. The van der Waals surface area contributed by atoms with Gasteiger partial charge in [0.1, 0.15) is 5.75 Å². The smallest absolute Gasteiger partial charge is 0.252 e. The molecule has 122 valence electrons. The van der Waals surface area contributed by atoms with Crippen molar-refractivity contribution >= 4 is 23.2 Å². The van der Waals surface area contributed by atoms with E-state index in [-0.39, 0.29) is 18.9 Å². The van der Waals surface area contributed by atoms with E-state index in [9.17, 15) is 8.78 Å². The van der Waals surface area contributed by atoms with Crippen LogP contribution in [0.4, 0.5) is 14.5 Å². The standard InChI is InChI=1S/C15H20ClF2N3O/c1-22-13-6-5-11(8-12(13)16)21-14(19)20-9-10-4-2-3-7-15(10,17)18/h5-6,8,10H,2-4,7,9H2,1H3,(H3,19,20,21). The van der Waals surface area contributed by atoms with Crippen molar-refractivity contribution in [2.75, 3.05) is 19.0 Å². The van der Waals surface area contributed by atoms with Crippen molar-refractivity contribution in [1.82, 2.24) is 0 Å². The molecule has 1 aliphatic carbocycles. The number of hydrogen-bond donors (Lipinski definition) is 2. The van der Waals surface area contributed by atoms with Crippen LogP contribution in [0.15, 0.2) is 23.2 Å². The Hall–Kier alpha value is -1.56. The quantitative estimate of drug-likeness (QED) is 0.649. The molecule has 0 aromatic heterocycles. The first-order chi connectivity index (χ1) is 10.4. The third kappa shape index (κ3) is 4.22. The molecule has 1 aromatic rings. The zero-order chi connectivity index (χ0) is 16.2. The SMILES string of the molecule is COc1ccc(NC(N)=NCC2CCCCC2(F)F)cc1Cl. The highest BCUT2D eigenvalue weighted by atomic mass is 35.5. The summed E-state index contributed by atoms with van der Waals surface area (Å²) in [5.74, 6) is -2.74. The number of anilines is 1. The molecule has 0 heterocycles. The van der Waals surface area contributed by atoms with Crippen molar-refractivity contribution in [3.63, 3.8) is 0 Å². The number of nitrogens with one attached hydrogen (secondary N) is 1. The number of guanidine groups is 1. The van der Waals surface area contributed by atoms with Gasteiger partial charge in [0.05, 0.1) is 18.7 Å². The van der Waals surface area contributed by atoms with Crippen molar-refractivity contribution in [1.29, 1.82) is 0 Å². The van der Waals surface area contributed by atoms with Gasteiger partial charge in [0.15, 0.2) is 5.96 Å². The van der Waals surface area contributed by atoms with Gasteiger partial charge in [-0.3, -0.25) is 4.99 Å². The summed E-state index contributed by atoms with van der Waals surface area (Å²) in [6.07, 6.45) is 1.81. The molecule has 1 unspecified atom stereocenters. The van der Waals surface area contributed by atoms with Crippen LogP contribution in [0.5, 0.6) is 5.75 Å². The number of halogens is 3. The average molecular weight is 332 g/mol. The van der Waals surface area contributed by atoms with E-state index < -0.39 is 11.8 Å². The summed E-state index contributed by atoms with van der Waals surface area (Å²) < 4.78 is 32.5. The largest absolute Gasteiger partial charge is 0.495 e. The number of aliphatic imine (C=N–C) groups is 1. The molecule has 1 aliphatic rings. The van der Waals surface area contributed by atoms with E-state index in [1.807, 2.05) is 0 Å². The fourth-order valence-corrected chi connectivity index (χ4v) is 2.79. The number of rotatable bonds is 4. The van der Waals surface area contributed by atoms with E-state index in [4.69, 9.17) is 22.1 Å². The fraction of sp³-hybridized carbons (Fsp3) is 0.533. The molecule has 0 saturated heterocycles. The van der Waals surface area contributed by atoms with Crippen molar-refractivity contribution in [2.45, 2.75) is 31.6 Å². The Morgan fingerprint density at radius 3 is 2.91 bits per heavy atom. The number of methoxy groups -OCH3 is 1. The van der Waals surface area contributed by atoms with Crippen LogP contribution in [-0.2, 0) is 0 Å². The highest BCUT2D eigenvalue weighted by molar-refractivity contribution is 6.32. The monoisotopic (exact) mass is 331 g/mol. The first-order valence-electron chi connectivity index (χ1n) is 7.20. The highest BCUT2D eigenvalue weighted by Crippen LogP contribution is 2.38. The molecule has 4 nitrogen and oxygen atoms in total. The average Bonchev–Trinajstić information content (AvgIpc) is 2.46. The van der Waals surface area contributed by atoms with Gasteiger partial charge in [-0.15, -0.1) is 0 Å². The molecule has 1 atom stereocenters. The van der Waals surface area contributed by atoms with Gasteiger partial charge in [-0.1, -0.05) is 18.0 Å². The molecule has 0 bridgehead atoms. The maximum atomic E-state index is 13.7. The maximum Gasteiger partial charge on any atom is 0.252 e. The molecular weight excluding hydrogens is 312 g/mol. The van der Waals surface area contributed by atoms with Crippen LogP contribution in [-0.4, -0.2) is 25.5 Å². The van der Waals surface area contributed by atoms with E-state index in [1.54, 1.807) is 18.2 Å². The molecule has 0 spiro atoms. The van der Waals surface area contributed by atoms with Crippen molar-refractivity contribution in [3.05, 3.63) is 23.2 Å². The minimum absolute atomic E-state index is 0.0235. The third-order valence-electron chi connectivity index (χ3n) is 3.82. The fourth-order valence-electron chi connectivity index (χ4n) is 2.53. The van der Waals surface area contributed by atoms with Crippen molar-refractivity contribution in [2.24, 2.45) is 16.6 Å². The van der Waals surface area contributed by atoms with Crippen LogP contribution in [0, 0.1) is 5.92 Å². The predicted octanol–water partition coefficient (Wildman–Crippen LogP) is 3.90. The Balaban J connectivity index is 1.96. The summed E-state index contributed by atoms with van der Waals surface area (Å²) in [5.41, 5.74) is 6.38. The number of nitrogens with two attached hydrogens (primary N) is 1. The zero-order valence-electron chi connectivity index (χ0n) is 12.4. The van der Waals surface area contributed by atoms with E-state index in [2.05, 4.69) is 10.3 Å². The second-order valence-corrected chi connectivity index (χ2v) is 5.81. The van der Waals surface area contributed by atoms with Gasteiger partial charge < -0.3 is 15.8 Å². The molecule has 0 radical (unpaired) electrons. The Morgan fingerprint density at radius 2 is 2.27 bits per heavy atom. The molecule has 0 amide bonds. The van der Waals surface area contributed by atoms with E-state index in [0.717, 1.165) is 6.42 Å². The lowest BCUT2D eigenvalue weighted by atomic mass is 9.86. The lowest BCUT2D eigenvalue weighted by Gasteiger charge is -2.30. The molecule has 1 saturated carbocycles. The molecule has 7 heteroatoms. The van der Waals surface area contributed by atoms with Crippen molar-refractivity contribution in [3.8, 4) is 5.75 Å². The Labute approximate surface area is 133 Å². The van der Waals surface area contributed by atoms with E-state index in [0.29, 0.717) is 29.3 Å². The molecule has 1 aromatic carbocycles. The summed E-state index contributed by atoms with van der Waals surface area (Å²) in [6.45, 7) is 0.0235.